The molecule has 0 amide bonds. The molecule has 72 valence electrons. The molecule has 0 bridgehead atoms. The van der Waals surface area contributed by atoms with Crippen molar-refractivity contribution in [2.75, 3.05) is 0 Å². The van der Waals surface area contributed by atoms with Crippen LogP contribution in [0.3, 0.4) is 0 Å². The number of rotatable bonds is 2. The van der Waals surface area contributed by atoms with Crippen LogP contribution in [-0.2, 0) is 3.68 Å². The standard InChI is InChI=1S/C8H5ClF3I/c9-8(11,12)7(10,13)6-4-2-1-3-5-6/h1-5H. The summed E-state index contributed by atoms with van der Waals surface area (Å²) in [7, 11) is 0. The summed E-state index contributed by atoms with van der Waals surface area (Å²) in [6, 6.07) is 7.10. The molecule has 0 aliphatic heterocycles. The summed E-state index contributed by atoms with van der Waals surface area (Å²) in [6.07, 6.45) is 0. The Labute approximate surface area is 92.2 Å². The van der Waals surface area contributed by atoms with E-state index in [9.17, 15) is 13.2 Å². The van der Waals surface area contributed by atoms with E-state index >= 15 is 0 Å². The average Bonchev–Trinajstić information content (AvgIpc) is 2.04. The highest BCUT2D eigenvalue weighted by Crippen LogP contribution is 2.49. The minimum Gasteiger partial charge on any atom is -0.219 e. The zero-order chi connectivity index (χ0) is 10.1. The van der Waals surface area contributed by atoms with Crippen LogP contribution in [0.15, 0.2) is 30.3 Å². The highest BCUT2D eigenvalue weighted by molar-refractivity contribution is 14.1. The smallest absolute Gasteiger partial charge is 0.219 e. The van der Waals surface area contributed by atoms with Crippen molar-refractivity contribution in [3.63, 3.8) is 0 Å². The summed E-state index contributed by atoms with van der Waals surface area (Å²) in [5.41, 5.74) is -0.143. The van der Waals surface area contributed by atoms with E-state index in [-0.39, 0.29) is 5.56 Å². The third-order valence-electron chi connectivity index (χ3n) is 1.49. The molecule has 13 heavy (non-hydrogen) atoms. The van der Waals surface area contributed by atoms with Gasteiger partial charge in [0.25, 0.3) is 3.68 Å². The van der Waals surface area contributed by atoms with Gasteiger partial charge in [-0.1, -0.05) is 30.3 Å². The van der Waals surface area contributed by atoms with Crippen molar-refractivity contribution in [3.8, 4) is 0 Å². The summed E-state index contributed by atoms with van der Waals surface area (Å²) >= 11 is 5.64. The third kappa shape index (κ3) is 2.28. The quantitative estimate of drug-likeness (QED) is 0.569. The summed E-state index contributed by atoms with van der Waals surface area (Å²) in [4.78, 5) is 0. The predicted octanol–water partition coefficient (Wildman–Crippen LogP) is 4.08. The summed E-state index contributed by atoms with van der Waals surface area (Å²) < 4.78 is 35.7. The first-order valence-electron chi connectivity index (χ1n) is 3.36. The molecule has 1 aromatic rings. The molecular weight excluding hydrogens is 315 g/mol. The van der Waals surface area contributed by atoms with Crippen molar-refractivity contribution in [2.24, 2.45) is 0 Å². The molecule has 5 heteroatoms. The molecule has 0 nitrogen and oxygen atoms in total. The Morgan fingerprint density at radius 2 is 1.54 bits per heavy atom. The van der Waals surface area contributed by atoms with E-state index in [1.54, 1.807) is 6.07 Å². The van der Waals surface area contributed by atoms with E-state index < -0.39 is 9.06 Å². The number of hydrogen-bond donors (Lipinski definition) is 0. The van der Waals surface area contributed by atoms with E-state index in [0.717, 1.165) is 22.6 Å². The van der Waals surface area contributed by atoms with Crippen LogP contribution in [0.25, 0.3) is 0 Å². The molecule has 0 spiro atoms. The number of halogens is 5. The maximum Gasteiger partial charge on any atom is 0.368 e. The number of alkyl halides is 5. The van der Waals surface area contributed by atoms with Gasteiger partial charge in [0.15, 0.2) is 0 Å². The van der Waals surface area contributed by atoms with Crippen molar-refractivity contribution in [1.82, 2.24) is 0 Å². The van der Waals surface area contributed by atoms with E-state index in [1.807, 2.05) is 0 Å². The zero-order valence-corrected chi connectivity index (χ0v) is 9.19. The van der Waals surface area contributed by atoms with Gasteiger partial charge in [0, 0.05) is 5.56 Å². The summed E-state index contributed by atoms with van der Waals surface area (Å²) in [6.45, 7) is 0. The third-order valence-corrected chi connectivity index (χ3v) is 3.37. The molecule has 0 aromatic heterocycles. The SMILES string of the molecule is FC(F)(Cl)C(F)(I)c1ccccc1. The van der Waals surface area contributed by atoms with Crippen LogP contribution >= 0.6 is 34.2 Å². The van der Waals surface area contributed by atoms with Gasteiger partial charge >= 0.3 is 5.38 Å². The van der Waals surface area contributed by atoms with Gasteiger partial charge in [-0.05, 0) is 34.2 Å². The van der Waals surface area contributed by atoms with E-state index in [1.165, 1.54) is 24.3 Å². The minimum atomic E-state index is -3.91. The minimum absolute atomic E-state index is 0.143. The Bertz CT molecular complexity index is 281. The maximum absolute atomic E-state index is 13.4. The lowest BCUT2D eigenvalue weighted by Gasteiger charge is -2.23. The Kier molecular flexibility index (Phi) is 3.12. The lowest BCUT2D eigenvalue weighted by molar-refractivity contribution is -0.00616. The number of benzene rings is 1. The predicted molar refractivity (Wildman–Crippen MR) is 54.0 cm³/mol. The molecule has 0 saturated heterocycles. The van der Waals surface area contributed by atoms with Gasteiger partial charge < -0.3 is 0 Å². The molecule has 0 N–H and O–H groups in total. The van der Waals surface area contributed by atoms with E-state index in [4.69, 9.17) is 0 Å². The van der Waals surface area contributed by atoms with Crippen LogP contribution in [0.4, 0.5) is 13.2 Å². The van der Waals surface area contributed by atoms with Crippen molar-refractivity contribution in [1.29, 1.82) is 0 Å². The van der Waals surface area contributed by atoms with Crippen LogP contribution in [0.5, 0.6) is 0 Å². The molecule has 1 atom stereocenters. The fourth-order valence-electron chi connectivity index (χ4n) is 0.811. The van der Waals surface area contributed by atoms with Crippen LogP contribution in [-0.4, -0.2) is 5.38 Å². The van der Waals surface area contributed by atoms with Gasteiger partial charge in [0.2, 0.25) is 0 Å². The normalized spacial score (nSPS) is 16.7. The Balaban J connectivity index is 3.08. The summed E-state index contributed by atoms with van der Waals surface area (Å²) in [5, 5.41) is -3.91. The molecule has 0 aliphatic carbocycles. The molecule has 1 aromatic carbocycles. The fraction of sp³-hybridized carbons (Fsp3) is 0.250. The van der Waals surface area contributed by atoms with Crippen molar-refractivity contribution < 1.29 is 13.2 Å². The Morgan fingerprint density at radius 1 is 1.08 bits per heavy atom. The zero-order valence-electron chi connectivity index (χ0n) is 6.28. The van der Waals surface area contributed by atoms with Gasteiger partial charge in [-0.25, -0.2) is 4.39 Å². The Morgan fingerprint density at radius 3 is 1.92 bits per heavy atom. The van der Waals surface area contributed by atoms with Gasteiger partial charge in [0.05, 0.1) is 0 Å². The molecule has 0 heterocycles. The lowest BCUT2D eigenvalue weighted by atomic mass is 10.1. The first kappa shape index (κ1) is 11.1. The van der Waals surface area contributed by atoms with Gasteiger partial charge in [-0.3, -0.25) is 0 Å². The maximum atomic E-state index is 13.4. The topological polar surface area (TPSA) is 0 Å². The Hall–Kier alpha value is 0.0300. The molecule has 0 saturated carbocycles. The van der Waals surface area contributed by atoms with Crippen molar-refractivity contribution >= 4 is 34.2 Å². The molecule has 1 rings (SSSR count). The van der Waals surface area contributed by atoms with Crippen LogP contribution < -0.4 is 0 Å². The van der Waals surface area contributed by atoms with Crippen LogP contribution in [0, 0.1) is 0 Å². The van der Waals surface area contributed by atoms with Crippen molar-refractivity contribution in [3.05, 3.63) is 35.9 Å². The lowest BCUT2D eigenvalue weighted by Crippen LogP contribution is -2.30. The second-order valence-corrected chi connectivity index (χ2v) is 4.40. The largest absolute Gasteiger partial charge is 0.368 e. The molecule has 1 unspecified atom stereocenters. The van der Waals surface area contributed by atoms with Gasteiger partial charge in [0.1, 0.15) is 0 Å². The monoisotopic (exact) mass is 320 g/mol. The van der Waals surface area contributed by atoms with E-state index in [0.29, 0.717) is 0 Å². The summed E-state index contributed by atoms with van der Waals surface area (Å²) in [5.74, 6) is 0. The molecule has 0 radical (unpaired) electrons. The first-order chi connectivity index (χ1) is 5.86. The van der Waals surface area contributed by atoms with Crippen LogP contribution in [0.2, 0.25) is 0 Å². The van der Waals surface area contributed by atoms with E-state index in [2.05, 4.69) is 11.6 Å². The molecular formula is C8H5ClF3I. The van der Waals surface area contributed by atoms with Crippen molar-refractivity contribution in [2.45, 2.75) is 9.06 Å². The highest BCUT2D eigenvalue weighted by Gasteiger charge is 2.52. The fourth-order valence-corrected chi connectivity index (χ4v) is 1.28. The molecule has 0 fully saturated rings. The molecule has 0 aliphatic rings. The average molecular weight is 320 g/mol. The van der Waals surface area contributed by atoms with Gasteiger partial charge in [-0.2, -0.15) is 8.78 Å². The highest BCUT2D eigenvalue weighted by atomic mass is 127. The second kappa shape index (κ2) is 3.65. The van der Waals surface area contributed by atoms with Crippen LogP contribution in [0.1, 0.15) is 5.56 Å². The number of hydrogen-bond acceptors (Lipinski definition) is 0. The second-order valence-electron chi connectivity index (χ2n) is 2.44. The first-order valence-corrected chi connectivity index (χ1v) is 4.81. The van der Waals surface area contributed by atoms with Gasteiger partial charge in [-0.15, -0.1) is 0 Å².